The van der Waals surface area contributed by atoms with E-state index < -0.39 is 52.0 Å². The summed E-state index contributed by atoms with van der Waals surface area (Å²) in [5, 5.41) is 44.1. The van der Waals surface area contributed by atoms with Crippen molar-refractivity contribution in [3.05, 3.63) is 45.1 Å². The van der Waals surface area contributed by atoms with E-state index in [1.807, 2.05) is 6.92 Å². The number of halogens is 1. The largest absolute Gasteiger partial charge is 0.504 e. The molecule has 5 aliphatic rings. The number of Topliss-reactive ketones (excluding diaryl/α,β-unsaturated/α-hetero) is 1. The van der Waals surface area contributed by atoms with Gasteiger partial charge in [-0.3, -0.25) is 19.3 Å². The minimum Gasteiger partial charge on any atom is -0.504 e. The maximum atomic E-state index is 13.7. The summed E-state index contributed by atoms with van der Waals surface area (Å²) < 4.78 is 0.518. The number of hydrogen-bond donors (Lipinski definition) is 5. The number of benzene rings is 1. The van der Waals surface area contributed by atoms with Gasteiger partial charge in [-0.05, 0) is 32.9 Å². The van der Waals surface area contributed by atoms with Gasteiger partial charge in [0.25, 0.3) is 5.91 Å². The number of β-lactam (4-membered cyclic amide) rings is 1. The number of aliphatic carboxylic acids is 2. The summed E-state index contributed by atoms with van der Waals surface area (Å²) in [4.78, 5) is 77.6. The summed E-state index contributed by atoms with van der Waals surface area (Å²) in [5.41, 5.74) is 4.34. The number of phenols is 2. The van der Waals surface area contributed by atoms with E-state index >= 15 is 0 Å². The average Bonchev–Trinajstić information content (AvgIpc) is 3.34. The minimum atomic E-state index is -1.77. The first-order valence-corrected chi connectivity index (χ1v) is 18.7. The molecule has 2 bridgehead atoms. The molecule has 278 valence electrons. The van der Waals surface area contributed by atoms with Crippen LogP contribution < -0.4 is 5.73 Å². The van der Waals surface area contributed by atoms with Gasteiger partial charge in [0.15, 0.2) is 28.1 Å². The Kier molecular flexibility index (Phi) is 9.97. The van der Waals surface area contributed by atoms with Gasteiger partial charge in [0.1, 0.15) is 17.9 Å². The fourth-order valence-corrected chi connectivity index (χ4v) is 9.49. The topological polar surface area (TPSA) is 233 Å². The van der Waals surface area contributed by atoms with E-state index in [9.17, 15) is 44.4 Å². The number of aromatic nitrogens is 1. The maximum Gasteiger partial charge on any atom is 0.352 e. The highest BCUT2D eigenvalue weighted by atomic mass is 35.5. The van der Waals surface area contributed by atoms with Crippen molar-refractivity contribution in [1.82, 2.24) is 14.8 Å². The molecule has 3 atom stereocenters. The van der Waals surface area contributed by atoms with Crippen molar-refractivity contribution in [3.8, 4) is 11.5 Å². The molecular formula is C33H38ClN6O10S2+. The van der Waals surface area contributed by atoms with Gasteiger partial charge in [-0.1, -0.05) is 16.8 Å². The number of quaternary nitrogens is 1. The molecule has 0 aliphatic carbocycles. The molecule has 0 radical (unpaired) electrons. The number of anilines is 1. The highest BCUT2D eigenvalue weighted by Gasteiger charge is 2.57. The fraction of sp³-hybridized carbons (Fsp3) is 0.485. The molecule has 2 amide bonds. The minimum absolute atomic E-state index is 0.0649. The van der Waals surface area contributed by atoms with Crippen LogP contribution in [0.4, 0.5) is 5.13 Å². The van der Waals surface area contributed by atoms with Crippen LogP contribution >= 0.6 is 34.7 Å². The van der Waals surface area contributed by atoms with E-state index in [1.54, 1.807) is 4.90 Å². The van der Waals surface area contributed by atoms with Crippen LogP contribution in [0.2, 0.25) is 5.02 Å². The predicted octanol–water partition coefficient (Wildman–Crippen LogP) is 2.73. The highest BCUT2D eigenvalue weighted by molar-refractivity contribution is 8.00. The first kappa shape index (κ1) is 37.4. The Balaban J connectivity index is 1.21. The number of aromatic hydroxyl groups is 2. The zero-order valence-corrected chi connectivity index (χ0v) is 30.8. The number of rotatable bonds is 11. The normalized spacial score (nSPS) is 26.1. The lowest BCUT2D eigenvalue weighted by atomic mass is 9.88. The highest BCUT2D eigenvalue weighted by Crippen LogP contribution is 2.49. The first-order valence-electron chi connectivity index (χ1n) is 16.5. The van der Waals surface area contributed by atoms with E-state index in [1.165, 1.54) is 48.0 Å². The van der Waals surface area contributed by atoms with Gasteiger partial charge in [-0.2, -0.15) is 0 Å². The van der Waals surface area contributed by atoms with Crippen LogP contribution in [0.15, 0.2) is 33.9 Å². The molecule has 4 saturated heterocycles. The fourth-order valence-electron chi connectivity index (χ4n) is 7.20. The number of nitrogens with zero attached hydrogens (tertiary/aromatic N) is 5. The zero-order chi connectivity index (χ0) is 37.9. The zero-order valence-electron chi connectivity index (χ0n) is 28.4. The third-order valence-electron chi connectivity index (χ3n) is 10.3. The monoisotopic (exact) mass is 777 g/mol. The Hall–Kier alpha value is -4.39. The van der Waals surface area contributed by atoms with Gasteiger partial charge in [0.2, 0.25) is 11.5 Å². The molecule has 16 nitrogen and oxygen atoms in total. The van der Waals surface area contributed by atoms with Crippen LogP contribution in [0.5, 0.6) is 11.5 Å². The predicted molar refractivity (Wildman–Crippen MR) is 190 cm³/mol. The van der Waals surface area contributed by atoms with E-state index in [2.05, 4.69) is 10.1 Å². The second-order valence-electron chi connectivity index (χ2n) is 13.9. The van der Waals surface area contributed by atoms with E-state index in [0.717, 1.165) is 11.3 Å². The molecule has 19 heteroatoms. The van der Waals surface area contributed by atoms with Crippen LogP contribution in [0.3, 0.4) is 0 Å². The third kappa shape index (κ3) is 6.68. The SMILES string of the molecule is C[C@@H]1S[C@@H]2[C@H](CC(=O)/C(=N\OC(C)(C)C(=O)O)c3csc(N)n3)C(=O)N2C(C(=O)O)=C1C[N+]12CCC(CC1)N(C(=O)c1ccc(O)c(O)c1Cl)CC2. The quantitative estimate of drug-likeness (QED) is 0.0727. The van der Waals surface area contributed by atoms with Gasteiger partial charge in [0, 0.05) is 41.5 Å². The molecule has 1 aromatic carbocycles. The molecule has 4 fully saturated rings. The lowest BCUT2D eigenvalue weighted by Crippen LogP contribution is -2.64. The molecule has 6 N–H and O–H groups in total. The lowest BCUT2D eigenvalue weighted by Gasteiger charge is -2.52. The van der Waals surface area contributed by atoms with Crippen LogP contribution in [0, 0.1) is 5.92 Å². The number of carboxylic acids is 2. The van der Waals surface area contributed by atoms with Crippen LogP contribution in [0.1, 0.15) is 56.1 Å². The molecule has 52 heavy (non-hydrogen) atoms. The number of carboxylic acid groups (broad SMARTS) is 2. The molecular weight excluding hydrogens is 740 g/mol. The number of ketones is 1. The van der Waals surface area contributed by atoms with Gasteiger partial charge >= 0.3 is 11.9 Å². The van der Waals surface area contributed by atoms with Crippen LogP contribution in [0.25, 0.3) is 0 Å². The van der Waals surface area contributed by atoms with Crippen LogP contribution in [-0.2, 0) is 24.0 Å². The molecule has 1 aromatic heterocycles. The average molecular weight is 778 g/mol. The number of nitrogen functional groups attached to an aromatic ring is 1. The molecule has 2 aromatic rings. The second kappa shape index (κ2) is 13.9. The number of amides is 2. The van der Waals surface area contributed by atoms with Crippen molar-refractivity contribution < 1.29 is 53.7 Å². The summed E-state index contributed by atoms with van der Waals surface area (Å²) in [7, 11) is 0. The van der Waals surface area contributed by atoms with Crippen molar-refractivity contribution >= 4 is 75.1 Å². The number of hydrogen-bond acceptors (Lipinski definition) is 13. The van der Waals surface area contributed by atoms with Gasteiger partial charge < -0.3 is 40.4 Å². The number of fused-ring (bicyclic) bond motifs is 5. The molecule has 0 spiro atoms. The number of phenolic OH excluding ortho intramolecular Hbond substituents is 2. The molecule has 5 aliphatic heterocycles. The second-order valence-corrected chi connectivity index (χ2v) is 16.6. The van der Waals surface area contributed by atoms with E-state index in [4.69, 9.17) is 22.2 Å². The number of carbonyl (C=O) groups excluding carboxylic acids is 3. The Labute approximate surface area is 311 Å². The standard InChI is InChI=1S/C33H37ClN6O10S2/c1-15-19(13-40-9-6-16(7-10-40)38(8-11-40)27(44)17-4-5-21(41)26(43)23(17)34)25(30(46)47)39-28(45)18(29(39)52-15)12-22(42)24(20-14-51-32(35)36-20)37-50-33(2,3)31(48)49/h4-5,14-16,18,29H,6-13H2,1-3H3,(H5-,35,36,37,41,42,43,44,46,47,48,49)/p+1/t15-,16?,18+,29+,40?/m0/s1. The number of thiazole rings is 1. The summed E-state index contributed by atoms with van der Waals surface area (Å²) in [6.07, 6.45) is 0.965. The Morgan fingerprint density at radius 2 is 1.85 bits per heavy atom. The Morgan fingerprint density at radius 1 is 1.15 bits per heavy atom. The summed E-state index contributed by atoms with van der Waals surface area (Å²) in [6, 6.07) is 2.51. The summed E-state index contributed by atoms with van der Waals surface area (Å²) in [5.74, 6) is -5.97. The molecule has 7 rings (SSSR count). The van der Waals surface area contributed by atoms with Gasteiger partial charge in [0.05, 0.1) is 48.1 Å². The first-order chi connectivity index (χ1) is 24.4. The maximum absolute atomic E-state index is 13.7. The molecule has 0 saturated carbocycles. The number of thioether (sulfide) groups is 1. The third-order valence-corrected chi connectivity index (χ3v) is 12.8. The van der Waals surface area contributed by atoms with Crippen molar-refractivity contribution in [2.45, 2.75) is 62.3 Å². The van der Waals surface area contributed by atoms with E-state index in [-0.39, 0.29) is 56.4 Å². The van der Waals surface area contributed by atoms with Crippen molar-refractivity contribution in [3.63, 3.8) is 0 Å². The van der Waals surface area contributed by atoms with Crippen molar-refractivity contribution in [2.75, 3.05) is 38.5 Å². The number of nitrogens with two attached hydrogens (primary N) is 1. The smallest absolute Gasteiger partial charge is 0.352 e. The van der Waals surface area contributed by atoms with Gasteiger partial charge in [-0.15, -0.1) is 23.1 Å². The number of piperidine rings is 1. The Morgan fingerprint density at radius 3 is 2.46 bits per heavy atom. The van der Waals surface area contributed by atoms with E-state index in [0.29, 0.717) is 55.6 Å². The molecule has 6 heterocycles. The van der Waals surface area contributed by atoms with Crippen molar-refractivity contribution in [2.24, 2.45) is 11.1 Å². The lowest BCUT2D eigenvalue weighted by molar-refractivity contribution is -0.925. The van der Waals surface area contributed by atoms with Gasteiger partial charge in [-0.25, -0.2) is 14.6 Å². The molecule has 0 unspecified atom stereocenters. The summed E-state index contributed by atoms with van der Waals surface area (Å²) >= 11 is 8.66. The Bertz CT molecular complexity index is 1920. The van der Waals surface area contributed by atoms with Crippen LogP contribution in [-0.4, -0.2) is 130 Å². The number of oxime groups is 1. The summed E-state index contributed by atoms with van der Waals surface area (Å²) in [6.45, 7) is 6.99. The van der Waals surface area contributed by atoms with Crippen molar-refractivity contribution in [1.29, 1.82) is 0 Å². The number of carbonyl (C=O) groups is 5.